The van der Waals surface area contributed by atoms with Crippen molar-refractivity contribution in [3.63, 3.8) is 0 Å². The number of hydrogen-bond acceptors (Lipinski definition) is 3. The Morgan fingerprint density at radius 2 is 2.00 bits per heavy atom. The molecule has 0 aliphatic rings. The summed E-state index contributed by atoms with van der Waals surface area (Å²) < 4.78 is 1.78. The highest BCUT2D eigenvalue weighted by molar-refractivity contribution is 5.93. The molecule has 0 saturated heterocycles. The zero-order chi connectivity index (χ0) is 15.6. The molecule has 0 bridgehead atoms. The normalized spacial score (nSPS) is 12.2. The molecule has 1 aromatic heterocycles. The van der Waals surface area contributed by atoms with Crippen molar-refractivity contribution in [2.75, 3.05) is 5.32 Å². The molecule has 2 rings (SSSR count). The van der Waals surface area contributed by atoms with Gasteiger partial charge in [-0.2, -0.15) is 5.10 Å². The second-order valence-electron chi connectivity index (χ2n) is 5.60. The highest BCUT2D eigenvalue weighted by Crippen LogP contribution is 2.17. The smallest absolute Gasteiger partial charge is 0.229 e. The summed E-state index contributed by atoms with van der Waals surface area (Å²) in [5.41, 5.74) is 3.12. The molecule has 1 N–H and O–H groups in total. The minimum absolute atomic E-state index is 0.00509. The van der Waals surface area contributed by atoms with Crippen LogP contribution < -0.4 is 5.32 Å². The van der Waals surface area contributed by atoms with Gasteiger partial charge in [0.15, 0.2) is 0 Å². The van der Waals surface area contributed by atoms with E-state index >= 15 is 0 Å². The predicted molar refractivity (Wildman–Crippen MR) is 83.2 cm³/mol. The summed E-state index contributed by atoms with van der Waals surface area (Å²) in [6, 6.07) is 6.00. The first-order valence-electron chi connectivity index (χ1n) is 7.13. The largest absolute Gasteiger partial charge is 0.326 e. The van der Waals surface area contributed by atoms with Crippen LogP contribution in [0.5, 0.6) is 0 Å². The first-order valence-corrected chi connectivity index (χ1v) is 7.13. The molecule has 0 radical (unpaired) electrons. The van der Waals surface area contributed by atoms with Crippen LogP contribution in [0.4, 0.5) is 5.69 Å². The van der Waals surface area contributed by atoms with Gasteiger partial charge in [-0.3, -0.25) is 4.79 Å². The molecule has 1 aromatic carbocycles. The maximum Gasteiger partial charge on any atom is 0.229 e. The molecule has 0 aliphatic carbocycles. The lowest BCUT2D eigenvalue weighted by Crippen LogP contribution is -2.25. The number of aromatic nitrogens is 3. The molecule has 112 valence electrons. The third-order valence-electron chi connectivity index (χ3n) is 3.50. The first-order chi connectivity index (χ1) is 9.86. The highest BCUT2D eigenvalue weighted by atomic mass is 16.1. The van der Waals surface area contributed by atoms with Gasteiger partial charge in [-0.15, -0.1) is 0 Å². The number of hydrogen-bond donors (Lipinski definition) is 1. The van der Waals surface area contributed by atoms with Gasteiger partial charge in [0.1, 0.15) is 11.6 Å². The van der Waals surface area contributed by atoms with Crippen molar-refractivity contribution in [1.29, 1.82) is 0 Å². The Balaban J connectivity index is 2.04. The molecular weight excluding hydrogens is 264 g/mol. The number of nitrogens with one attached hydrogen (secondary N) is 1. The van der Waals surface area contributed by atoms with E-state index in [0.29, 0.717) is 6.54 Å². The standard InChI is InChI=1S/C16H22N4O/c1-10-6-7-15(11(2)8-10)18-16(21)12(3)9-20-14(5)17-13(4)19-20/h6-8,12H,9H2,1-5H3,(H,18,21). The Labute approximate surface area is 125 Å². The van der Waals surface area contributed by atoms with Crippen LogP contribution in [0.2, 0.25) is 0 Å². The molecule has 1 unspecified atom stereocenters. The van der Waals surface area contributed by atoms with Gasteiger partial charge in [0.05, 0.1) is 12.5 Å². The van der Waals surface area contributed by atoms with Crippen molar-refractivity contribution in [2.45, 2.75) is 41.2 Å². The third kappa shape index (κ3) is 3.68. The average molecular weight is 286 g/mol. The third-order valence-corrected chi connectivity index (χ3v) is 3.50. The Bertz CT molecular complexity index is 660. The van der Waals surface area contributed by atoms with Crippen LogP contribution in [0.15, 0.2) is 18.2 Å². The summed E-state index contributed by atoms with van der Waals surface area (Å²) in [5, 5.41) is 7.28. The van der Waals surface area contributed by atoms with E-state index in [9.17, 15) is 4.79 Å². The molecular formula is C16H22N4O. The fraction of sp³-hybridized carbons (Fsp3) is 0.438. The fourth-order valence-electron chi connectivity index (χ4n) is 2.29. The highest BCUT2D eigenvalue weighted by Gasteiger charge is 2.16. The minimum Gasteiger partial charge on any atom is -0.326 e. The maximum absolute atomic E-state index is 12.3. The minimum atomic E-state index is -0.175. The van der Waals surface area contributed by atoms with E-state index in [1.807, 2.05) is 46.8 Å². The molecule has 1 amide bonds. The van der Waals surface area contributed by atoms with Gasteiger partial charge in [-0.25, -0.2) is 9.67 Å². The second kappa shape index (κ2) is 6.08. The van der Waals surface area contributed by atoms with E-state index in [0.717, 1.165) is 22.9 Å². The molecule has 1 atom stereocenters. The Hall–Kier alpha value is -2.17. The summed E-state index contributed by atoms with van der Waals surface area (Å²) in [6.45, 7) is 10.2. The lowest BCUT2D eigenvalue weighted by atomic mass is 10.1. The van der Waals surface area contributed by atoms with E-state index < -0.39 is 0 Å². The number of aryl methyl sites for hydroxylation is 4. The number of anilines is 1. The molecule has 5 heteroatoms. The van der Waals surface area contributed by atoms with Crippen LogP contribution in [0.3, 0.4) is 0 Å². The van der Waals surface area contributed by atoms with Gasteiger partial charge in [0.25, 0.3) is 0 Å². The second-order valence-corrected chi connectivity index (χ2v) is 5.60. The zero-order valence-electron chi connectivity index (χ0n) is 13.3. The van der Waals surface area contributed by atoms with Crippen LogP contribution in [-0.4, -0.2) is 20.7 Å². The summed E-state index contributed by atoms with van der Waals surface area (Å²) in [4.78, 5) is 16.6. The van der Waals surface area contributed by atoms with Gasteiger partial charge in [-0.1, -0.05) is 24.6 Å². The maximum atomic E-state index is 12.3. The SMILES string of the molecule is Cc1ccc(NC(=O)C(C)Cn2nc(C)nc2C)c(C)c1. The topological polar surface area (TPSA) is 59.8 Å². The van der Waals surface area contributed by atoms with Crippen molar-refractivity contribution in [3.8, 4) is 0 Å². The van der Waals surface area contributed by atoms with Crippen molar-refractivity contribution < 1.29 is 4.79 Å². The van der Waals surface area contributed by atoms with Gasteiger partial charge < -0.3 is 5.32 Å². The van der Waals surface area contributed by atoms with Gasteiger partial charge in [0, 0.05) is 5.69 Å². The average Bonchev–Trinajstić information content (AvgIpc) is 2.71. The summed E-state index contributed by atoms with van der Waals surface area (Å²) in [6.07, 6.45) is 0. The summed E-state index contributed by atoms with van der Waals surface area (Å²) >= 11 is 0. The molecule has 1 heterocycles. The van der Waals surface area contributed by atoms with E-state index in [1.165, 1.54) is 5.56 Å². The number of amides is 1. The summed E-state index contributed by atoms with van der Waals surface area (Å²) in [7, 11) is 0. The van der Waals surface area contributed by atoms with E-state index in [-0.39, 0.29) is 11.8 Å². The fourth-order valence-corrected chi connectivity index (χ4v) is 2.29. The van der Waals surface area contributed by atoms with Gasteiger partial charge in [-0.05, 0) is 39.3 Å². The molecule has 0 spiro atoms. The number of carbonyl (C=O) groups excluding carboxylic acids is 1. The van der Waals surface area contributed by atoms with Crippen molar-refractivity contribution in [3.05, 3.63) is 41.0 Å². The van der Waals surface area contributed by atoms with Crippen LogP contribution >= 0.6 is 0 Å². The lowest BCUT2D eigenvalue weighted by molar-refractivity contribution is -0.119. The van der Waals surface area contributed by atoms with Crippen LogP contribution in [0.1, 0.15) is 29.7 Å². The molecule has 21 heavy (non-hydrogen) atoms. The Morgan fingerprint density at radius 1 is 1.29 bits per heavy atom. The van der Waals surface area contributed by atoms with Crippen LogP contribution in [0.25, 0.3) is 0 Å². The Kier molecular flexibility index (Phi) is 4.40. The quantitative estimate of drug-likeness (QED) is 0.940. The van der Waals surface area contributed by atoms with Crippen molar-refractivity contribution in [1.82, 2.24) is 14.8 Å². The zero-order valence-corrected chi connectivity index (χ0v) is 13.3. The molecule has 0 saturated carbocycles. The first kappa shape index (κ1) is 15.2. The summed E-state index contributed by atoms with van der Waals surface area (Å²) in [5.74, 6) is 1.38. The van der Waals surface area contributed by atoms with Crippen LogP contribution in [0, 0.1) is 33.6 Å². The lowest BCUT2D eigenvalue weighted by Gasteiger charge is -2.14. The molecule has 0 fully saturated rings. The monoisotopic (exact) mass is 286 g/mol. The van der Waals surface area contributed by atoms with E-state index in [2.05, 4.69) is 21.5 Å². The van der Waals surface area contributed by atoms with E-state index in [4.69, 9.17) is 0 Å². The number of benzene rings is 1. The predicted octanol–water partition coefficient (Wildman–Crippen LogP) is 2.79. The molecule has 5 nitrogen and oxygen atoms in total. The van der Waals surface area contributed by atoms with Gasteiger partial charge in [0.2, 0.25) is 5.91 Å². The van der Waals surface area contributed by atoms with E-state index in [1.54, 1.807) is 4.68 Å². The molecule has 2 aromatic rings. The number of carbonyl (C=O) groups is 1. The molecule has 0 aliphatic heterocycles. The number of nitrogens with zero attached hydrogens (tertiary/aromatic N) is 3. The van der Waals surface area contributed by atoms with Gasteiger partial charge >= 0.3 is 0 Å². The Morgan fingerprint density at radius 3 is 2.57 bits per heavy atom. The van der Waals surface area contributed by atoms with Crippen molar-refractivity contribution >= 4 is 11.6 Å². The number of rotatable bonds is 4. The van der Waals surface area contributed by atoms with Crippen LogP contribution in [-0.2, 0) is 11.3 Å². The van der Waals surface area contributed by atoms with Crippen molar-refractivity contribution in [2.24, 2.45) is 5.92 Å².